The lowest BCUT2D eigenvalue weighted by Gasteiger charge is -2.06. The van der Waals surface area contributed by atoms with Gasteiger partial charge < -0.3 is 4.74 Å². The van der Waals surface area contributed by atoms with Crippen molar-refractivity contribution in [2.45, 2.75) is 25.4 Å². The van der Waals surface area contributed by atoms with Crippen molar-refractivity contribution in [3.8, 4) is 0 Å². The Hall–Kier alpha value is -0.160. The molecule has 4 nitrogen and oxygen atoms in total. The molecule has 10 heavy (non-hydrogen) atoms. The Labute approximate surface area is 59.4 Å². The zero-order valence-corrected chi connectivity index (χ0v) is 5.71. The fourth-order valence-corrected chi connectivity index (χ4v) is 1.13. The highest BCUT2D eigenvalue weighted by molar-refractivity contribution is 4.67. The molecular formula is C6H11NO3. The summed E-state index contributed by atoms with van der Waals surface area (Å²) in [7, 11) is 0. The number of ether oxygens (including phenoxy) is 1. The predicted octanol–water partition coefficient (Wildman–Crippen LogP) is 0.000400. The number of hydrogen-bond donors (Lipinski definition) is 1. The lowest BCUT2D eigenvalue weighted by Crippen LogP contribution is -2.28. The van der Waals surface area contributed by atoms with Crippen LogP contribution in [0.25, 0.3) is 0 Å². The summed E-state index contributed by atoms with van der Waals surface area (Å²) >= 11 is 0. The van der Waals surface area contributed by atoms with Gasteiger partial charge in [0, 0.05) is 13.2 Å². The minimum Gasteiger partial charge on any atom is -0.377 e. The SMILES string of the molecule is C1COC(CNC2OO2)C1. The maximum atomic E-state index is 5.36. The van der Waals surface area contributed by atoms with Crippen LogP contribution in [0.3, 0.4) is 0 Å². The first-order valence-corrected chi connectivity index (χ1v) is 3.62. The molecule has 0 bridgehead atoms. The molecule has 0 amide bonds. The molecule has 1 unspecified atom stereocenters. The molecule has 0 saturated carbocycles. The van der Waals surface area contributed by atoms with E-state index in [0.29, 0.717) is 6.10 Å². The number of hydrogen-bond acceptors (Lipinski definition) is 4. The van der Waals surface area contributed by atoms with E-state index < -0.39 is 0 Å². The molecule has 2 heterocycles. The predicted molar refractivity (Wildman–Crippen MR) is 32.9 cm³/mol. The van der Waals surface area contributed by atoms with Crippen molar-refractivity contribution < 1.29 is 14.5 Å². The van der Waals surface area contributed by atoms with Gasteiger partial charge in [0.05, 0.1) is 6.10 Å². The van der Waals surface area contributed by atoms with Crippen molar-refractivity contribution in [3.05, 3.63) is 0 Å². The average Bonchev–Trinajstić information content (AvgIpc) is 2.63. The minimum absolute atomic E-state index is 0.163. The van der Waals surface area contributed by atoms with Crippen LogP contribution in [0.4, 0.5) is 0 Å². The first-order chi connectivity index (χ1) is 4.95. The molecule has 0 aromatic rings. The van der Waals surface area contributed by atoms with Crippen LogP contribution in [0, 0.1) is 0 Å². The molecule has 1 atom stereocenters. The van der Waals surface area contributed by atoms with E-state index in [2.05, 4.69) is 15.1 Å². The summed E-state index contributed by atoms with van der Waals surface area (Å²) < 4.78 is 5.36. The molecule has 2 aliphatic rings. The van der Waals surface area contributed by atoms with E-state index in [9.17, 15) is 0 Å². The van der Waals surface area contributed by atoms with Crippen LogP contribution in [0.15, 0.2) is 0 Å². The highest BCUT2D eigenvalue weighted by Crippen LogP contribution is 2.13. The van der Waals surface area contributed by atoms with Crippen molar-refractivity contribution in [3.63, 3.8) is 0 Å². The monoisotopic (exact) mass is 145 g/mol. The second kappa shape index (κ2) is 2.84. The third kappa shape index (κ3) is 1.67. The summed E-state index contributed by atoms with van der Waals surface area (Å²) in [5.74, 6) is 0. The van der Waals surface area contributed by atoms with Crippen LogP contribution in [0.1, 0.15) is 12.8 Å². The zero-order chi connectivity index (χ0) is 6.81. The molecule has 2 rings (SSSR count). The van der Waals surface area contributed by atoms with Gasteiger partial charge in [-0.05, 0) is 12.8 Å². The summed E-state index contributed by atoms with van der Waals surface area (Å²) in [6.07, 6.45) is 2.54. The van der Waals surface area contributed by atoms with E-state index in [0.717, 1.165) is 19.6 Å². The lowest BCUT2D eigenvalue weighted by atomic mass is 10.2. The van der Waals surface area contributed by atoms with Gasteiger partial charge in [0.2, 0.25) is 0 Å². The molecule has 0 aromatic heterocycles. The molecule has 0 radical (unpaired) electrons. The molecule has 0 aliphatic carbocycles. The van der Waals surface area contributed by atoms with Crippen molar-refractivity contribution in [2.75, 3.05) is 13.2 Å². The molecular weight excluding hydrogens is 134 g/mol. The van der Waals surface area contributed by atoms with Crippen LogP contribution < -0.4 is 5.32 Å². The third-order valence-electron chi connectivity index (χ3n) is 1.73. The quantitative estimate of drug-likeness (QED) is 0.448. The van der Waals surface area contributed by atoms with Gasteiger partial charge in [-0.1, -0.05) is 0 Å². The number of nitrogens with one attached hydrogen (secondary N) is 1. The van der Waals surface area contributed by atoms with E-state index in [-0.39, 0.29) is 6.41 Å². The summed E-state index contributed by atoms with van der Waals surface area (Å²) in [6, 6.07) is 0. The second-order valence-corrected chi connectivity index (χ2v) is 2.57. The van der Waals surface area contributed by atoms with Gasteiger partial charge >= 0.3 is 0 Å². The van der Waals surface area contributed by atoms with Crippen LogP contribution in [-0.4, -0.2) is 25.7 Å². The Morgan fingerprint density at radius 1 is 1.40 bits per heavy atom. The highest BCUT2D eigenvalue weighted by atomic mass is 17.4. The summed E-state index contributed by atoms with van der Waals surface area (Å²) in [6.45, 7) is 1.74. The zero-order valence-electron chi connectivity index (χ0n) is 5.71. The molecule has 1 N–H and O–H groups in total. The highest BCUT2D eigenvalue weighted by Gasteiger charge is 2.26. The maximum absolute atomic E-state index is 5.36. The number of rotatable bonds is 3. The second-order valence-electron chi connectivity index (χ2n) is 2.57. The van der Waals surface area contributed by atoms with Gasteiger partial charge in [-0.15, -0.1) is 0 Å². The van der Waals surface area contributed by atoms with Gasteiger partial charge in [-0.3, -0.25) is 5.32 Å². The van der Waals surface area contributed by atoms with Crippen molar-refractivity contribution in [2.24, 2.45) is 0 Å². The standard InChI is InChI=1S/C6H11NO3/c1-2-5(8-3-1)4-7-6-9-10-6/h5-7H,1-4H2. The molecule has 2 fully saturated rings. The summed E-state index contributed by atoms with van der Waals surface area (Å²) in [5, 5.41) is 3.03. The lowest BCUT2D eigenvalue weighted by molar-refractivity contribution is 0.0850. The van der Waals surface area contributed by atoms with Gasteiger partial charge in [-0.25, -0.2) is 0 Å². The Balaban J connectivity index is 1.59. The maximum Gasteiger partial charge on any atom is 0.277 e. The summed E-state index contributed by atoms with van der Waals surface area (Å²) in [4.78, 5) is 9.00. The van der Waals surface area contributed by atoms with Gasteiger partial charge in [0.1, 0.15) is 0 Å². The fourth-order valence-electron chi connectivity index (χ4n) is 1.13. The third-order valence-corrected chi connectivity index (χ3v) is 1.73. The largest absolute Gasteiger partial charge is 0.377 e. The topological polar surface area (TPSA) is 46.3 Å². The van der Waals surface area contributed by atoms with E-state index in [4.69, 9.17) is 4.74 Å². The average molecular weight is 145 g/mol. The molecule has 0 spiro atoms. The molecule has 2 aliphatic heterocycles. The van der Waals surface area contributed by atoms with Crippen molar-refractivity contribution >= 4 is 0 Å². The summed E-state index contributed by atoms with van der Waals surface area (Å²) in [5.41, 5.74) is 0. The molecule has 58 valence electrons. The molecule has 4 heteroatoms. The first kappa shape index (κ1) is 6.54. The Morgan fingerprint density at radius 3 is 2.90 bits per heavy atom. The Morgan fingerprint density at radius 2 is 2.30 bits per heavy atom. The van der Waals surface area contributed by atoms with Crippen LogP contribution in [0.5, 0.6) is 0 Å². The van der Waals surface area contributed by atoms with Gasteiger partial charge in [0.25, 0.3) is 6.41 Å². The van der Waals surface area contributed by atoms with Gasteiger partial charge in [0.15, 0.2) is 0 Å². The van der Waals surface area contributed by atoms with Crippen molar-refractivity contribution in [1.29, 1.82) is 0 Å². The van der Waals surface area contributed by atoms with Crippen LogP contribution in [-0.2, 0) is 14.5 Å². The first-order valence-electron chi connectivity index (χ1n) is 3.62. The molecule has 2 saturated heterocycles. The van der Waals surface area contributed by atoms with E-state index >= 15 is 0 Å². The fraction of sp³-hybridized carbons (Fsp3) is 1.00. The normalized spacial score (nSPS) is 33.0. The van der Waals surface area contributed by atoms with Crippen LogP contribution in [0.2, 0.25) is 0 Å². The van der Waals surface area contributed by atoms with E-state index in [1.165, 1.54) is 6.42 Å². The van der Waals surface area contributed by atoms with E-state index in [1.807, 2.05) is 0 Å². The smallest absolute Gasteiger partial charge is 0.277 e. The molecule has 0 aromatic carbocycles. The van der Waals surface area contributed by atoms with E-state index in [1.54, 1.807) is 0 Å². The van der Waals surface area contributed by atoms with Crippen LogP contribution >= 0.6 is 0 Å². The minimum atomic E-state index is -0.163. The Kier molecular flexibility index (Phi) is 1.86. The van der Waals surface area contributed by atoms with Crippen molar-refractivity contribution in [1.82, 2.24) is 5.32 Å². The van der Waals surface area contributed by atoms with Gasteiger partial charge in [-0.2, -0.15) is 9.78 Å². The Bertz CT molecular complexity index is 110.